The largest absolute Gasteiger partial charge is 0.465 e. The SMILES string of the molecule is COC(=O)c1ccc(S(=O)(=O)Nc2ccccc2)c(N)c1. The zero-order chi connectivity index (χ0) is 15.5. The molecule has 7 heteroatoms. The Bertz CT molecular complexity index is 758. The number of carbonyl (C=O) groups excluding carboxylic acids is 1. The Morgan fingerprint density at radius 1 is 1.14 bits per heavy atom. The lowest BCUT2D eigenvalue weighted by Gasteiger charge is -2.11. The Morgan fingerprint density at radius 3 is 2.38 bits per heavy atom. The molecule has 0 heterocycles. The summed E-state index contributed by atoms with van der Waals surface area (Å²) >= 11 is 0. The summed E-state index contributed by atoms with van der Waals surface area (Å²) in [7, 11) is -2.58. The predicted octanol–water partition coefficient (Wildman–Crippen LogP) is 1.86. The number of nitrogens with one attached hydrogen (secondary N) is 1. The van der Waals surface area contributed by atoms with Crippen LogP contribution in [0.4, 0.5) is 11.4 Å². The number of methoxy groups -OCH3 is 1. The molecule has 0 radical (unpaired) electrons. The van der Waals surface area contributed by atoms with E-state index in [0.717, 1.165) is 0 Å². The molecule has 0 bridgehead atoms. The lowest BCUT2D eigenvalue weighted by molar-refractivity contribution is 0.0600. The molecule has 2 aromatic carbocycles. The van der Waals surface area contributed by atoms with E-state index in [0.29, 0.717) is 5.69 Å². The van der Waals surface area contributed by atoms with Gasteiger partial charge in [-0.25, -0.2) is 13.2 Å². The quantitative estimate of drug-likeness (QED) is 0.663. The summed E-state index contributed by atoms with van der Waals surface area (Å²) in [5.41, 5.74) is 6.31. The average Bonchev–Trinajstić information content (AvgIpc) is 2.46. The molecule has 0 unspecified atom stereocenters. The van der Waals surface area contributed by atoms with E-state index < -0.39 is 16.0 Å². The maximum atomic E-state index is 12.3. The van der Waals surface area contributed by atoms with Crippen LogP contribution in [0.15, 0.2) is 53.4 Å². The van der Waals surface area contributed by atoms with E-state index in [1.165, 1.54) is 25.3 Å². The van der Waals surface area contributed by atoms with Crippen LogP contribution in [0, 0.1) is 0 Å². The van der Waals surface area contributed by atoms with Gasteiger partial charge in [-0.3, -0.25) is 4.72 Å². The number of benzene rings is 2. The first kappa shape index (κ1) is 14.9. The van der Waals surface area contributed by atoms with Gasteiger partial charge in [-0.1, -0.05) is 18.2 Å². The zero-order valence-corrected chi connectivity index (χ0v) is 12.1. The summed E-state index contributed by atoms with van der Waals surface area (Å²) in [6.45, 7) is 0. The van der Waals surface area contributed by atoms with Gasteiger partial charge in [-0.2, -0.15) is 0 Å². The van der Waals surface area contributed by atoms with Crippen molar-refractivity contribution in [2.45, 2.75) is 4.90 Å². The van der Waals surface area contributed by atoms with Crippen molar-refractivity contribution in [3.05, 3.63) is 54.1 Å². The summed E-state index contributed by atoms with van der Waals surface area (Å²) in [5.74, 6) is -0.582. The molecule has 0 aromatic heterocycles. The van der Waals surface area contributed by atoms with Gasteiger partial charge in [0.15, 0.2) is 0 Å². The second kappa shape index (κ2) is 5.84. The molecule has 0 aliphatic heterocycles. The number of nitrogens with two attached hydrogens (primary N) is 1. The van der Waals surface area contributed by atoms with E-state index in [1.807, 2.05) is 0 Å². The molecular formula is C14H14N2O4S. The third kappa shape index (κ3) is 3.32. The fourth-order valence-corrected chi connectivity index (χ4v) is 2.93. The molecule has 3 N–H and O–H groups in total. The monoisotopic (exact) mass is 306 g/mol. The first-order valence-corrected chi connectivity index (χ1v) is 7.48. The van der Waals surface area contributed by atoms with Gasteiger partial charge in [-0.15, -0.1) is 0 Å². The van der Waals surface area contributed by atoms with Crippen molar-refractivity contribution in [3.63, 3.8) is 0 Å². The molecule has 0 amide bonds. The minimum Gasteiger partial charge on any atom is -0.465 e. The fraction of sp³-hybridized carbons (Fsp3) is 0.0714. The number of hydrogen-bond acceptors (Lipinski definition) is 5. The molecule has 0 saturated heterocycles. The normalized spacial score (nSPS) is 10.9. The molecule has 0 aliphatic carbocycles. The number of para-hydroxylation sites is 1. The van der Waals surface area contributed by atoms with E-state index >= 15 is 0 Å². The molecular weight excluding hydrogens is 292 g/mol. The highest BCUT2D eigenvalue weighted by molar-refractivity contribution is 7.92. The van der Waals surface area contributed by atoms with Crippen LogP contribution >= 0.6 is 0 Å². The molecule has 21 heavy (non-hydrogen) atoms. The highest BCUT2D eigenvalue weighted by atomic mass is 32.2. The number of nitrogen functional groups attached to an aromatic ring is 1. The number of ether oxygens (including phenoxy) is 1. The summed E-state index contributed by atoms with van der Waals surface area (Å²) < 4.78 is 31.5. The molecule has 0 aliphatic rings. The van der Waals surface area contributed by atoms with E-state index in [1.54, 1.807) is 30.3 Å². The molecule has 0 saturated carbocycles. The third-order valence-corrected chi connectivity index (χ3v) is 4.20. The van der Waals surface area contributed by atoms with Crippen molar-refractivity contribution in [2.75, 3.05) is 17.6 Å². The first-order chi connectivity index (χ1) is 9.94. The lowest BCUT2D eigenvalue weighted by Crippen LogP contribution is -2.15. The minimum absolute atomic E-state index is 0.0265. The van der Waals surface area contributed by atoms with Crippen LogP contribution in [-0.4, -0.2) is 21.5 Å². The van der Waals surface area contributed by atoms with Crippen molar-refractivity contribution >= 4 is 27.4 Å². The molecule has 0 spiro atoms. The average molecular weight is 306 g/mol. The Labute approximate surface area is 122 Å². The van der Waals surface area contributed by atoms with Gasteiger partial charge in [0, 0.05) is 5.69 Å². The number of sulfonamides is 1. The van der Waals surface area contributed by atoms with Crippen LogP contribution in [-0.2, 0) is 14.8 Å². The zero-order valence-electron chi connectivity index (χ0n) is 11.2. The van der Waals surface area contributed by atoms with Gasteiger partial charge in [0.25, 0.3) is 10.0 Å². The summed E-state index contributed by atoms with van der Waals surface area (Å²) in [6.07, 6.45) is 0. The van der Waals surface area contributed by atoms with Gasteiger partial charge in [-0.05, 0) is 30.3 Å². The van der Waals surface area contributed by atoms with Crippen LogP contribution in [0.25, 0.3) is 0 Å². The lowest BCUT2D eigenvalue weighted by atomic mass is 10.2. The van der Waals surface area contributed by atoms with Crippen LogP contribution in [0.3, 0.4) is 0 Å². The van der Waals surface area contributed by atoms with E-state index in [4.69, 9.17) is 5.73 Å². The Morgan fingerprint density at radius 2 is 1.81 bits per heavy atom. The van der Waals surface area contributed by atoms with E-state index in [-0.39, 0.29) is 16.1 Å². The maximum Gasteiger partial charge on any atom is 0.337 e. The Kier molecular flexibility index (Phi) is 4.13. The Hall–Kier alpha value is -2.54. The van der Waals surface area contributed by atoms with Gasteiger partial charge in [0.05, 0.1) is 18.4 Å². The topological polar surface area (TPSA) is 98.5 Å². The van der Waals surface area contributed by atoms with Crippen LogP contribution in [0.2, 0.25) is 0 Å². The highest BCUT2D eigenvalue weighted by Gasteiger charge is 2.19. The minimum atomic E-state index is -3.82. The van der Waals surface area contributed by atoms with Gasteiger partial charge >= 0.3 is 5.97 Å². The van der Waals surface area contributed by atoms with Crippen LogP contribution in [0.5, 0.6) is 0 Å². The third-order valence-electron chi connectivity index (χ3n) is 2.75. The number of carbonyl (C=O) groups is 1. The highest BCUT2D eigenvalue weighted by Crippen LogP contribution is 2.23. The molecule has 6 nitrogen and oxygen atoms in total. The number of hydrogen-bond donors (Lipinski definition) is 2. The van der Waals surface area contributed by atoms with Crippen LogP contribution in [0.1, 0.15) is 10.4 Å². The predicted molar refractivity (Wildman–Crippen MR) is 79.4 cm³/mol. The molecule has 110 valence electrons. The number of anilines is 2. The van der Waals surface area contributed by atoms with Crippen molar-refractivity contribution in [1.82, 2.24) is 0 Å². The van der Waals surface area contributed by atoms with Gasteiger partial charge in [0.2, 0.25) is 0 Å². The molecule has 2 rings (SSSR count). The summed E-state index contributed by atoms with van der Waals surface area (Å²) in [4.78, 5) is 11.3. The second-order valence-corrected chi connectivity index (χ2v) is 5.87. The summed E-state index contributed by atoms with van der Waals surface area (Å²) in [5, 5.41) is 0. The van der Waals surface area contributed by atoms with Crippen LogP contribution < -0.4 is 10.5 Å². The first-order valence-electron chi connectivity index (χ1n) is 6.00. The van der Waals surface area contributed by atoms with Gasteiger partial charge < -0.3 is 10.5 Å². The fourth-order valence-electron chi connectivity index (χ4n) is 1.75. The number of esters is 1. The van der Waals surface area contributed by atoms with Gasteiger partial charge in [0.1, 0.15) is 4.90 Å². The van der Waals surface area contributed by atoms with E-state index in [9.17, 15) is 13.2 Å². The van der Waals surface area contributed by atoms with E-state index in [2.05, 4.69) is 9.46 Å². The maximum absolute atomic E-state index is 12.3. The molecule has 0 atom stereocenters. The van der Waals surface area contributed by atoms with Crippen molar-refractivity contribution in [1.29, 1.82) is 0 Å². The molecule has 0 fully saturated rings. The van der Waals surface area contributed by atoms with Crippen molar-refractivity contribution in [3.8, 4) is 0 Å². The smallest absolute Gasteiger partial charge is 0.337 e. The molecule has 2 aromatic rings. The van der Waals surface area contributed by atoms with Crippen molar-refractivity contribution < 1.29 is 17.9 Å². The standard InChI is InChI=1S/C14H14N2O4S/c1-20-14(17)10-7-8-13(12(15)9-10)21(18,19)16-11-5-3-2-4-6-11/h2-9,16H,15H2,1H3. The summed E-state index contributed by atoms with van der Waals surface area (Å²) in [6, 6.07) is 12.3. The second-order valence-electron chi connectivity index (χ2n) is 4.22. The Balaban J connectivity index is 2.35. The number of rotatable bonds is 4. The van der Waals surface area contributed by atoms with Crippen molar-refractivity contribution in [2.24, 2.45) is 0 Å².